The van der Waals surface area contributed by atoms with Gasteiger partial charge in [0.2, 0.25) is 10.0 Å². The Morgan fingerprint density at radius 1 is 1.62 bits per heavy atom. The van der Waals surface area contributed by atoms with Gasteiger partial charge < -0.3 is 5.11 Å². The Labute approximate surface area is 108 Å². The Morgan fingerprint density at radius 2 is 2.25 bits per heavy atom. The van der Waals surface area contributed by atoms with E-state index in [0.717, 1.165) is 8.66 Å². The maximum Gasteiger partial charge on any atom is 0.241 e. The summed E-state index contributed by atoms with van der Waals surface area (Å²) < 4.78 is 27.0. The standard InChI is InChI=1S/C9H14BrNO3S2/c1-6(5-12)4-11-16(13,14)8-3-9(10)15-7(8)2/h3,6,11-12H,4-5H2,1-2H3. The van der Waals surface area contributed by atoms with Crippen molar-refractivity contribution in [1.82, 2.24) is 4.72 Å². The summed E-state index contributed by atoms with van der Waals surface area (Å²) in [4.78, 5) is 1.05. The monoisotopic (exact) mass is 327 g/mol. The quantitative estimate of drug-likeness (QED) is 0.865. The lowest BCUT2D eigenvalue weighted by atomic mass is 10.2. The van der Waals surface area contributed by atoms with Gasteiger partial charge in [-0.05, 0) is 34.8 Å². The van der Waals surface area contributed by atoms with Crippen LogP contribution in [0.4, 0.5) is 0 Å². The van der Waals surface area contributed by atoms with Gasteiger partial charge in [-0.2, -0.15) is 0 Å². The van der Waals surface area contributed by atoms with Gasteiger partial charge in [0.1, 0.15) is 0 Å². The zero-order valence-electron chi connectivity index (χ0n) is 9.03. The second-order valence-electron chi connectivity index (χ2n) is 3.61. The highest BCUT2D eigenvalue weighted by molar-refractivity contribution is 9.11. The van der Waals surface area contributed by atoms with Gasteiger partial charge in [0.15, 0.2) is 0 Å². The highest BCUT2D eigenvalue weighted by Crippen LogP contribution is 2.29. The van der Waals surface area contributed by atoms with Crippen LogP contribution >= 0.6 is 27.3 Å². The third kappa shape index (κ3) is 3.53. The molecule has 0 fully saturated rings. The van der Waals surface area contributed by atoms with Gasteiger partial charge >= 0.3 is 0 Å². The van der Waals surface area contributed by atoms with Crippen LogP contribution < -0.4 is 4.72 Å². The number of hydrogen-bond donors (Lipinski definition) is 2. The number of nitrogens with one attached hydrogen (secondary N) is 1. The van der Waals surface area contributed by atoms with Crippen molar-refractivity contribution in [2.45, 2.75) is 18.7 Å². The lowest BCUT2D eigenvalue weighted by Crippen LogP contribution is -2.29. The largest absolute Gasteiger partial charge is 0.396 e. The second-order valence-corrected chi connectivity index (χ2v) is 7.98. The van der Waals surface area contributed by atoms with Gasteiger partial charge in [0.25, 0.3) is 0 Å². The Balaban J connectivity index is 2.82. The molecule has 0 amide bonds. The van der Waals surface area contributed by atoms with E-state index in [1.54, 1.807) is 19.9 Å². The summed E-state index contributed by atoms with van der Waals surface area (Å²) in [6.45, 7) is 3.75. The lowest BCUT2D eigenvalue weighted by molar-refractivity contribution is 0.238. The van der Waals surface area contributed by atoms with E-state index in [1.165, 1.54) is 11.3 Å². The molecule has 7 heteroatoms. The summed E-state index contributed by atoms with van der Waals surface area (Å²) in [6.07, 6.45) is 0. The maximum atomic E-state index is 11.9. The average Bonchev–Trinajstić information content (AvgIpc) is 2.55. The van der Waals surface area contributed by atoms with E-state index >= 15 is 0 Å². The van der Waals surface area contributed by atoms with Crippen molar-refractivity contribution in [3.63, 3.8) is 0 Å². The number of aliphatic hydroxyl groups excluding tert-OH is 1. The molecule has 92 valence electrons. The number of aliphatic hydroxyl groups is 1. The van der Waals surface area contributed by atoms with Crippen molar-refractivity contribution in [1.29, 1.82) is 0 Å². The average molecular weight is 328 g/mol. The second kappa shape index (κ2) is 5.59. The van der Waals surface area contributed by atoms with Crippen molar-refractivity contribution in [2.75, 3.05) is 13.2 Å². The van der Waals surface area contributed by atoms with Crippen LogP contribution in [0.3, 0.4) is 0 Å². The molecule has 0 aliphatic carbocycles. The molecule has 0 spiro atoms. The zero-order valence-corrected chi connectivity index (χ0v) is 12.2. The summed E-state index contributed by atoms with van der Waals surface area (Å²) in [5.74, 6) is -0.0860. The normalized spacial score (nSPS) is 14.0. The molecule has 1 aromatic heterocycles. The molecule has 1 unspecified atom stereocenters. The van der Waals surface area contributed by atoms with E-state index in [0.29, 0.717) is 4.90 Å². The first kappa shape index (κ1) is 14.1. The van der Waals surface area contributed by atoms with Crippen LogP contribution in [0.5, 0.6) is 0 Å². The molecule has 0 aliphatic rings. The third-order valence-corrected chi connectivity index (χ3v) is 5.30. The number of thiophene rings is 1. The number of aryl methyl sites for hydroxylation is 1. The van der Waals surface area contributed by atoms with Gasteiger partial charge in [-0.1, -0.05) is 6.92 Å². The van der Waals surface area contributed by atoms with Gasteiger partial charge in [-0.3, -0.25) is 0 Å². The number of halogens is 1. The first-order valence-electron chi connectivity index (χ1n) is 4.73. The van der Waals surface area contributed by atoms with E-state index < -0.39 is 10.0 Å². The Kier molecular flexibility index (Phi) is 4.93. The number of sulfonamides is 1. The molecular weight excluding hydrogens is 314 g/mol. The molecule has 0 aliphatic heterocycles. The molecule has 1 heterocycles. The highest BCUT2D eigenvalue weighted by atomic mass is 79.9. The molecule has 0 bridgehead atoms. The summed E-state index contributed by atoms with van der Waals surface area (Å²) in [7, 11) is -3.46. The zero-order chi connectivity index (χ0) is 12.3. The maximum absolute atomic E-state index is 11.9. The molecule has 0 saturated carbocycles. The van der Waals surface area contributed by atoms with Crippen LogP contribution in [0, 0.1) is 12.8 Å². The van der Waals surface area contributed by atoms with Crippen molar-refractivity contribution < 1.29 is 13.5 Å². The molecule has 0 aromatic carbocycles. The molecule has 1 atom stereocenters. The van der Waals surface area contributed by atoms with Crippen molar-refractivity contribution in [3.8, 4) is 0 Å². The minimum Gasteiger partial charge on any atom is -0.396 e. The fourth-order valence-corrected chi connectivity index (χ4v) is 4.67. The molecule has 2 N–H and O–H groups in total. The fraction of sp³-hybridized carbons (Fsp3) is 0.556. The summed E-state index contributed by atoms with van der Waals surface area (Å²) >= 11 is 4.64. The van der Waals surface area contributed by atoms with E-state index in [4.69, 9.17) is 5.11 Å². The van der Waals surface area contributed by atoms with Gasteiger partial charge in [0.05, 0.1) is 8.68 Å². The van der Waals surface area contributed by atoms with E-state index in [9.17, 15) is 8.42 Å². The molecule has 1 rings (SSSR count). The van der Waals surface area contributed by atoms with Crippen molar-refractivity contribution in [3.05, 3.63) is 14.7 Å². The molecule has 4 nitrogen and oxygen atoms in total. The van der Waals surface area contributed by atoms with E-state index in [2.05, 4.69) is 20.7 Å². The summed E-state index contributed by atoms with van der Waals surface area (Å²) in [5.41, 5.74) is 0. The smallest absolute Gasteiger partial charge is 0.241 e. The summed E-state index contributed by atoms with van der Waals surface area (Å²) in [5, 5.41) is 8.82. The van der Waals surface area contributed by atoms with Gasteiger partial charge in [0, 0.05) is 18.0 Å². The molecule has 0 saturated heterocycles. The fourth-order valence-electron chi connectivity index (χ4n) is 1.09. The third-order valence-electron chi connectivity index (χ3n) is 2.07. The van der Waals surface area contributed by atoms with Gasteiger partial charge in [-0.25, -0.2) is 13.1 Å². The minimum absolute atomic E-state index is 0.0329. The molecule has 1 aromatic rings. The van der Waals surface area contributed by atoms with Crippen LogP contribution in [0.2, 0.25) is 0 Å². The lowest BCUT2D eigenvalue weighted by Gasteiger charge is -2.09. The van der Waals surface area contributed by atoms with Crippen molar-refractivity contribution in [2.24, 2.45) is 5.92 Å². The van der Waals surface area contributed by atoms with E-state index in [-0.39, 0.29) is 19.1 Å². The van der Waals surface area contributed by atoms with Crippen LogP contribution in [0.15, 0.2) is 14.7 Å². The van der Waals surface area contributed by atoms with Crippen LogP contribution in [-0.2, 0) is 10.0 Å². The van der Waals surface area contributed by atoms with Crippen LogP contribution in [0.1, 0.15) is 11.8 Å². The topological polar surface area (TPSA) is 66.4 Å². The number of rotatable bonds is 5. The van der Waals surface area contributed by atoms with Crippen LogP contribution in [-0.4, -0.2) is 26.7 Å². The van der Waals surface area contributed by atoms with E-state index in [1.807, 2.05) is 0 Å². The minimum atomic E-state index is -3.46. The Morgan fingerprint density at radius 3 is 2.69 bits per heavy atom. The predicted octanol–water partition coefficient (Wildman–Crippen LogP) is 1.73. The number of hydrogen-bond acceptors (Lipinski definition) is 4. The first-order chi connectivity index (χ1) is 7.36. The molecule has 0 radical (unpaired) electrons. The van der Waals surface area contributed by atoms with Gasteiger partial charge in [-0.15, -0.1) is 11.3 Å². The Hall–Kier alpha value is 0.0500. The van der Waals surface area contributed by atoms with Crippen LogP contribution in [0.25, 0.3) is 0 Å². The van der Waals surface area contributed by atoms with Crippen molar-refractivity contribution >= 4 is 37.3 Å². The molecule has 16 heavy (non-hydrogen) atoms. The Bertz CT molecular complexity index is 455. The molecular formula is C9H14BrNO3S2. The highest BCUT2D eigenvalue weighted by Gasteiger charge is 2.19. The predicted molar refractivity (Wildman–Crippen MR) is 68.2 cm³/mol. The first-order valence-corrected chi connectivity index (χ1v) is 7.82. The summed E-state index contributed by atoms with van der Waals surface area (Å²) in [6, 6.07) is 1.59. The SMILES string of the molecule is Cc1sc(Br)cc1S(=O)(=O)NCC(C)CO.